The minimum Gasteiger partial charge on any atom is -0.497 e. The van der Waals surface area contributed by atoms with Crippen molar-refractivity contribution in [3.05, 3.63) is 46.4 Å². The molecule has 1 aliphatic rings. The first-order chi connectivity index (χ1) is 17.7. The molecule has 4 rings (SSSR count). The van der Waals surface area contributed by atoms with Gasteiger partial charge in [0.15, 0.2) is 6.54 Å². The summed E-state index contributed by atoms with van der Waals surface area (Å²) >= 11 is 0.841. The van der Waals surface area contributed by atoms with E-state index in [1.54, 1.807) is 37.3 Å². The summed E-state index contributed by atoms with van der Waals surface area (Å²) < 4.78 is 70.3. The van der Waals surface area contributed by atoms with Crippen LogP contribution in [0.3, 0.4) is 0 Å². The van der Waals surface area contributed by atoms with Crippen molar-refractivity contribution in [1.29, 1.82) is 0 Å². The second-order valence-electron chi connectivity index (χ2n) is 8.03. The summed E-state index contributed by atoms with van der Waals surface area (Å²) in [5.74, 6) is 1.06. The Morgan fingerprint density at radius 1 is 1.11 bits per heavy atom. The van der Waals surface area contributed by atoms with Gasteiger partial charge in [0.1, 0.15) is 16.2 Å². The van der Waals surface area contributed by atoms with Gasteiger partial charge in [-0.25, -0.2) is 0 Å². The van der Waals surface area contributed by atoms with Gasteiger partial charge in [-0.1, -0.05) is 23.1 Å². The highest BCUT2D eigenvalue weighted by Crippen LogP contribution is 2.48. The molecular weight excluding hydrogens is 561 g/mol. The Balaban J connectivity index is 1.72. The standard InChI is InChI=1S/C23H26N2O8S4/c1-31-16-5-7-20-18(13-16)24(9-3-11-33-36(26)27)22(34-20)15-23-25(10-4-12-37(28,29)30)19-14-17(32-2)6-8-21(19)35-23/h5-8,13-15H,3-4,9-12H2,1-2H3,(H-,26,27,28,29,30)/p+1. The Labute approximate surface area is 226 Å². The van der Waals surface area contributed by atoms with Crippen LogP contribution in [0.5, 0.6) is 11.5 Å². The number of hydrogen-bond acceptors (Lipinski definition) is 9. The second-order valence-corrected chi connectivity index (χ2v) is 12.4. The molecule has 0 saturated heterocycles. The molecule has 1 aromatic heterocycles. The summed E-state index contributed by atoms with van der Waals surface area (Å²) in [6, 6.07) is 11.6. The maximum Gasteiger partial charge on any atom is 0.301 e. The number of methoxy groups -OCH3 is 2. The van der Waals surface area contributed by atoms with E-state index in [-0.39, 0.29) is 18.8 Å². The van der Waals surface area contributed by atoms with Crippen LogP contribution in [0.2, 0.25) is 0 Å². The zero-order chi connectivity index (χ0) is 26.6. The molecule has 0 bridgehead atoms. The molecule has 0 amide bonds. The molecule has 1 atom stereocenters. The Kier molecular flexibility index (Phi) is 9.11. The summed E-state index contributed by atoms with van der Waals surface area (Å²) in [6.07, 6.45) is 2.80. The van der Waals surface area contributed by atoms with Gasteiger partial charge in [-0.15, -0.1) is 0 Å². The average molecular weight is 588 g/mol. The van der Waals surface area contributed by atoms with Crippen molar-refractivity contribution in [2.24, 2.45) is 0 Å². The number of rotatable bonds is 12. The molecule has 2 aromatic carbocycles. The van der Waals surface area contributed by atoms with Gasteiger partial charge in [-0.05, 0) is 30.7 Å². The topological polar surface area (TPSA) is 126 Å². The third kappa shape index (κ3) is 7.02. The van der Waals surface area contributed by atoms with E-state index in [1.165, 1.54) is 0 Å². The lowest BCUT2D eigenvalue weighted by atomic mass is 10.2. The predicted molar refractivity (Wildman–Crippen MR) is 145 cm³/mol. The maximum absolute atomic E-state index is 11.3. The first-order valence-corrected chi connectivity index (χ1v) is 15.5. The lowest BCUT2D eigenvalue weighted by Gasteiger charge is -2.20. The van der Waals surface area contributed by atoms with Crippen LogP contribution in [0.1, 0.15) is 17.8 Å². The Hall–Kier alpha value is -2.20. The number of hydrogen-bond donors (Lipinski definition) is 2. The number of aromatic nitrogens is 1. The number of thiazole rings is 1. The van der Waals surface area contributed by atoms with Gasteiger partial charge < -0.3 is 14.4 Å². The molecule has 2 N–H and O–H groups in total. The SMILES string of the molecule is COc1ccc2c(c1)N(CCCOS(=O)O)C(=Cc1sc3ccc(OC)cc3[n+]1CCCS(=O)(=O)O)S2. The van der Waals surface area contributed by atoms with Crippen molar-refractivity contribution in [2.45, 2.75) is 24.3 Å². The molecule has 1 aliphatic heterocycles. The molecule has 10 nitrogen and oxygen atoms in total. The Morgan fingerprint density at radius 3 is 2.54 bits per heavy atom. The molecule has 37 heavy (non-hydrogen) atoms. The number of ether oxygens (including phenoxy) is 2. The van der Waals surface area contributed by atoms with Crippen LogP contribution in [0.25, 0.3) is 16.3 Å². The van der Waals surface area contributed by atoms with Crippen LogP contribution in [0.15, 0.2) is 46.3 Å². The number of fused-ring (bicyclic) bond motifs is 2. The predicted octanol–water partition coefficient (Wildman–Crippen LogP) is 3.94. The molecule has 0 aliphatic carbocycles. The minimum absolute atomic E-state index is 0.120. The molecule has 0 saturated carbocycles. The first kappa shape index (κ1) is 27.8. The van der Waals surface area contributed by atoms with Crippen molar-refractivity contribution in [2.75, 3.05) is 38.0 Å². The molecule has 0 fully saturated rings. The van der Waals surface area contributed by atoms with Crippen LogP contribution < -0.4 is 18.9 Å². The number of benzene rings is 2. The van der Waals surface area contributed by atoms with Crippen LogP contribution in [-0.4, -0.2) is 54.9 Å². The van der Waals surface area contributed by atoms with Crippen molar-refractivity contribution >= 4 is 66.6 Å². The van der Waals surface area contributed by atoms with E-state index in [1.807, 2.05) is 47.0 Å². The van der Waals surface area contributed by atoms with Crippen molar-refractivity contribution in [1.82, 2.24) is 0 Å². The van der Waals surface area contributed by atoms with Gasteiger partial charge in [0.25, 0.3) is 15.1 Å². The van der Waals surface area contributed by atoms with Gasteiger partial charge in [0, 0.05) is 23.9 Å². The van der Waals surface area contributed by atoms with E-state index >= 15 is 0 Å². The Bertz CT molecular complexity index is 1440. The monoisotopic (exact) mass is 587 g/mol. The molecule has 0 radical (unpaired) electrons. The highest BCUT2D eigenvalue weighted by atomic mass is 32.2. The summed E-state index contributed by atoms with van der Waals surface area (Å²) in [6.45, 7) is 1.04. The second kappa shape index (κ2) is 12.1. The minimum atomic E-state index is -4.07. The van der Waals surface area contributed by atoms with Gasteiger partial charge in [-0.2, -0.15) is 17.2 Å². The summed E-state index contributed by atoms with van der Waals surface area (Å²) in [4.78, 5) is 3.15. The van der Waals surface area contributed by atoms with E-state index in [0.717, 1.165) is 30.8 Å². The van der Waals surface area contributed by atoms with Crippen molar-refractivity contribution in [3.63, 3.8) is 0 Å². The fourth-order valence-electron chi connectivity index (χ4n) is 3.96. The zero-order valence-electron chi connectivity index (χ0n) is 20.2. The summed E-state index contributed by atoms with van der Waals surface area (Å²) in [5.41, 5.74) is 1.86. The summed E-state index contributed by atoms with van der Waals surface area (Å²) in [7, 11) is -0.877. The molecule has 3 aromatic rings. The number of thioether (sulfide) groups is 1. The van der Waals surface area contributed by atoms with Crippen LogP contribution in [-0.2, 0) is 32.2 Å². The highest BCUT2D eigenvalue weighted by Gasteiger charge is 2.28. The molecular formula is C23H27N2O8S4+. The largest absolute Gasteiger partial charge is 0.497 e. The third-order valence-electron chi connectivity index (χ3n) is 5.62. The summed E-state index contributed by atoms with van der Waals surface area (Å²) in [5, 5.41) is 1.84. The molecule has 200 valence electrons. The first-order valence-electron chi connectivity index (χ1n) is 11.2. The van der Waals surface area contributed by atoms with E-state index in [0.29, 0.717) is 31.0 Å². The fourth-order valence-corrected chi connectivity index (χ4v) is 7.00. The van der Waals surface area contributed by atoms with E-state index in [2.05, 4.69) is 4.90 Å². The number of nitrogens with zero attached hydrogens (tertiary/aromatic N) is 2. The van der Waals surface area contributed by atoms with Crippen molar-refractivity contribution < 1.29 is 40.0 Å². The quantitative estimate of drug-likeness (QED) is 0.139. The van der Waals surface area contributed by atoms with Crippen molar-refractivity contribution in [3.8, 4) is 11.5 Å². The highest BCUT2D eigenvalue weighted by molar-refractivity contribution is 8.03. The maximum atomic E-state index is 11.3. The van der Waals surface area contributed by atoms with Crippen LogP contribution >= 0.6 is 23.1 Å². The Morgan fingerprint density at radius 2 is 1.84 bits per heavy atom. The van der Waals surface area contributed by atoms with E-state index in [9.17, 15) is 17.2 Å². The third-order valence-corrected chi connectivity index (χ3v) is 9.01. The number of aryl methyl sites for hydroxylation is 1. The van der Waals surface area contributed by atoms with Crippen LogP contribution in [0, 0.1) is 0 Å². The van der Waals surface area contributed by atoms with E-state index in [4.69, 9.17) is 18.2 Å². The zero-order valence-corrected chi connectivity index (χ0v) is 23.4. The molecule has 0 spiro atoms. The van der Waals surface area contributed by atoms with Gasteiger partial charge in [0.2, 0.25) is 5.52 Å². The number of anilines is 1. The smallest absolute Gasteiger partial charge is 0.301 e. The average Bonchev–Trinajstić information content (AvgIpc) is 3.37. The van der Waals surface area contributed by atoms with Gasteiger partial charge in [0.05, 0.1) is 49.4 Å². The lowest BCUT2D eigenvalue weighted by molar-refractivity contribution is -0.668. The van der Waals surface area contributed by atoms with Gasteiger partial charge in [-0.3, -0.25) is 13.3 Å². The van der Waals surface area contributed by atoms with Crippen LogP contribution in [0.4, 0.5) is 5.69 Å². The lowest BCUT2D eigenvalue weighted by Crippen LogP contribution is -2.36. The normalized spacial score (nSPS) is 15.4. The van der Waals surface area contributed by atoms with E-state index < -0.39 is 21.5 Å². The molecule has 1 unspecified atom stereocenters. The fraction of sp³-hybridized carbons (Fsp3) is 0.348. The molecule has 2 heterocycles. The van der Waals surface area contributed by atoms with Gasteiger partial charge >= 0.3 is 11.4 Å². The molecule has 14 heteroatoms.